The third kappa shape index (κ3) is 10.3. The number of hydrogen-bond acceptors (Lipinski definition) is 9. The minimum Gasteiger partial charge on any atom is -0.377 e. The zero-order valence-corrected chi connectivity index (χ0v) is 21.0. The van der Waals surface area contributed by atoms with Crippen LogP contribution in [0.25, 0.3) is 0 Å². The summed E-state index contributed by atoms with van der Waals surface area (Å²) < 4.78 is 45.6. The summed E-state index contributed by atoms with van der Waals surface area (Å²) in [6.07, 6.45) is 1.67. The van der Waals surface area contributed by atoms with Gasteiger partial charge in [0, 0.05) is 53.2 Å². The first-order chi connectivity index (χ1) is 14.0. The van der Waals surface area contributed by atoms with Crippen molar-refractivity contribution >= 4 is 17.6 Å². The van der Waals surface area contributed by atoms with E-state index in [1.165, 1.54) is 0 Å². The van der Waals surface area contributed by atoms with Crippen molar-refractivity contribution in [3.8, 4) is 0 Å². The summed E-state index contributed by atoms with van der Waals surface area (Å²) >= 11 is 0. The maximum atomic E-state index is 6.01. The second-order valence-corrected chi connectivity index (χ2v) is 12.5. The van der Waals surface area contributed by atoms with Crippen LogP contribution < -0.4 is 5.32 Å². The summed E-state index contributed by atoms with van der Waals surface area (Å²) in [5.41, 5.74) is 0. The fourth-order valence-corrected chi connectivity index (χ4v) is 7.41. The summed E-state index contributed by atoms with van der Waals surface area (Å²) in [7, 11) is -0.374. The fraction of sp³-hybridized carbons (Fsp3) is 1.00. The van der Waals surface area contributed by atoms with E-state index >= 15 is 0 Å². The normalized spacial score (nSPS) is 18.2. The second kappa shape index (κ2) is 15.0. The van der Waals surface area contributed by atoms with Crippen molar-refractivity contribution in [1.82, 2.24) is 5.32 Å². The zero-order chi connectivity index (χ0) is 21.6. The van der Waals surface area contributed by atoms with Gasteiger partial charge in [-0.1, -0.05) is 0 Å². The van der Waals surface area contributed by atoms with Crippen LogP contribution in [-0.4, -0.2) is 90.8 Å². The lowest BCUT2D eigenvalue weighted by molar-refractivity contribution is 0.0138. The fourth-order valence-electron chi connectivity index (χ4n) is 3.07. The van der Waals surface area contributed by atoms with Gasteiger partial charge in [-0.2, -0.15) is 0 Å². The molecule has 9 nitrogen and oxygen atoms in total. The maximum absolute atomic E-state index is 6.01. The molecule has 11 heteroatoms. The highest BCUT2D eigenvalue weighted by Gasteiger charge is 2.40. The summed E-state index contributed by atoms with van der Waals surface area (Å²) in [6.45, 7) is 9.79. The molecule has 1 aliphatic rings. The minimum atomic E-state index is -2.63. The number of hydrogen-bond donors (Lipinski definition) is 1. The molecular weight excluding hydrogens is 414 g/mol. The molecule has 0 aliphatic carbocycles. The average molecular weight is 456 g/mol. The largest absolute Gasteiger partial charge is 0.500 e. The van der Waals surface area contributed by atoms with Gasteiger partial charge in [0.25, 0.3) is 0 Å². The molecule has 2 atom stereocenters. The summed E-state index contributed by atoms with van der Waals surface area (Å²) in [6, 6.07) is 1.43. The minimum absolute atomic E-state index is 0.131. The van der Waals surface area contributed by atoms with Crippen molar-refractivity contribution in [1.29, 1.82) is 0 Å². The Balaban J connectivity index is 2.52. The van der Waals surface area contributed by atoms with Crippen molar-refractivity contribution in [2.24, 2.45) is 0 Å². The van der Waals surface area contributed by atoms with E-state index in [2.05, 4.69) is 5.32 Å². The molecule has 174 valence electrons. The molecular formula is C18H41NO8Si2. The van der Waals surface area contributed by atoms with E-state index in [1.54, 1.807) is 21.3 Å². The molecule has 1 N–H and O–H groups in total. The molecule has 2 unspecified atom stereocenters. The molecule has 1 rings (SSSR count). The van der Waals surface area contributed by atoms with Crippen LogP contribution in [0.2, 0.25) is 12.1 Å². The summed E-state index contributed by atoms with van der Waals surface area (Å²) in [5.74, 6) is 0. The first kappa shape index (κ1) is 27.1. The Labute approximate surface area is 178 Å². The highest BCUT2D eigenvalue weighted by Crippen LogP contribution is 2.20. The smallest absolute Gasteiger partial charge is 0.377 e. The van der Waals surface area contributed by atoms with E-state index in [0.717, 1.165) is 32.0 Å². The van der Waals surface area contributed by atoms with Gasteiger partial charge in [-0.25, -0.2) is 0 Å². The summed E-state index contributed by atoms with van der Waals surface area (Å²) in [5, 5.41) is 3.48. The van der Waals surface area contributed by atoms with Crippen molar-refractivity contribution in [2.45, 2.75) is 58.0 Å². The van der Waals surface area contributed by atoms with Gasteiger partial charge in [0.2, 0.25) is 0 Å². The van der Waals surface area contributed by atoms with Crippen molar-refractivity contribution < 1.29 is 36.0 Å². The van der Waals surface area contributed by atoms with Crippen LogP contribution in [0.4, 0.5) is 0 Å². The van der Waals surface area contributed by atoms with E-state index in [4.69, 9.17) is 36.0 Å². The molecule has 0 bridgehead atoms. The van der Waals surface area contributed by atoms with Gasteiger partial charge in [0.15, 0.2) is 0 Å². The van der Waals surface area contributed by atoms with Gasteiger partial charge >= 0.3 is 17.6 Å². The van der Waals surface area contributed by atoms with Crippen molar-refractivity contribution in [3.05, 3.63) is 0 Å². The SMILES string of the molecule is CCO[Si](CCCNC(CC[Si](OC)(OC)OC)OCC1CO1)(OCC)OCC. The molecule has 1 saturated heterocycles. The average Bonchev–Trinajstić information content (AvgIpc) is 3.55. The molecule has 0 amide bonds. The van der Waals surface area contributed by atoms with E-state index in [1.807, 2.05) is 20.8 Å². The van der Waals surface area contributed by atoms with Gasteiger partial charge in [0.05, 0.1) is 13.2 Å². The third-order valence-corrected chi connectivity index (χ3v) is 10.6. The molecule has 1 heterocycles. The van der Waals surface area contributed by atoms with Crippen LogP contribution in [0.5, 0.6) is 0 Å². The molecule has 0 spiro atoms. The van der Waals surface area contributed by atoms with Crippen LogP contribution >= 0.6 is 0 Å². The van der Waals surface area contributed by atoms with E-state index in [0.29, 0.717) is 32.5 Å². The predicted octanol–water partition coefficient (Wildman–Crippen LogP) is 2.02. The molecule has 0 aromatic heterocycles. The summed E-state index contributed by atoms with van der Waals surface area (Å²) in [4.78, 5) is 0. The Morgan fingerprint density at radius 3 is 1.90 bits per heavy atom. The van der Waals surface area contributed by atoms with Crippen LogP contribution in [0.3, 0.4) is 0 Å². The Bertz CT molecular complexity index is 388. The Kier molecular flexibility index (Phi) is 14.0. The Morgan fingerprint density at radius 1 is 0.897 bits per heavy atom. The van der Waals surface area contributed by atoms with Crippen LogP contribution in [-0.2, 0) is 36.0 Å². The molecule has 1 fully saturated rings. The first-order valence-corrected chi connectivity index (χ1v) is 14.4. The highest BCUT2D eigenvalue weighted by molar-refractivity contribution is 6.61. The molecule has 0 radical (unpaired) electrons. The topological polar surface area (TPSA) is 89.2 Å². The van der Waals surface area contributed by atoms with E-state index in [9.17, 15) is 0 Å². The molecule has 0 aromatic rings. The molecule has 1 aliphatic heterocycles. The van der Waals surface area contributed by atoms with Crippen molar-refractivity contribution in [3.63, 3.8) is 0 Å². The lowest BCUT2D eigenvalue weighted by Crippen LogP contribution is -2.47. The number of nitrogens with one attached hydrogen (secondary N) is 1. The van der Waals surface area contributed by atoms with Gasteiger partial charge in [0.1, 0.15) is 12.3 Å². The van der Waals surface area contributed by atoms with Gasteiger partial charge in [-0.3, -0.25) is 5.32 Å². The zero-order valence-electron chi connectivity index (χ0n) is 19.0. The van der Waals surface area contributed by atoms with Gasteiger partial charge in [-0.15, -0.1) is 0 Å². The quantitative estimate of drug-likeness (QED) is 0.128. The molecule has 0 aromatic carbocycles. The second-order valence-electron chi connectivity index (χ2n) is 6.65. The number of rotatable bonds is 20. The molecule has 0 saturated carbocycles. The Hall–Kier alpha value is 0.0738. The predicted molar refractivity (Wildman–Crippen MR) is 114 cm³/mol. The lowest BCUT2D eigenvalue weighted by Gasteiger charge is -2.29. The van der Waals surface area contributed by atoms with Gasteiger partial charge < -0.3 is 36.0 Å². The Morgan fingerprint density at radius 2 is 1.45 bits per heavy atom. The van der Waals surface area contributed by atoms with Crippen molar-refractivity contribution in [2.75, 3.05) is 60.9 Å². The van der Waals surface area contributed by atoms with E-state index in [-0.39, 0.29) is 12.3 Å². The van der Waals surface area contributed by atoms with Crippen LogP contribution in [0.1, 0.15) is 33.6 Å². The van der Waals surface area contributed by atoms with Gasteiger partial charge in [-0.05, 0) is 40.2 Å². The monoisotopic (exact) mass is 455 g/mol. The third-order valence-electron chi connectivity index (χ3n) is 4.66. The lowest BCUT2D eigenvalue weighted by atomic mass is 10.4. The molecule has 29 heavy (non-hydrogen) atoms. The van der Waals surface area contributed by atoms with E-state index < -0.39 is 17.6 Å². The first-order valence-electron chi connectivity index (χ1n) is 10.6. The standard InChI is InChI=1S/C18H41NO8Si2/c1-7-25-29(26-8-2,27-9-3)13-10-12-19-18(24-16-17-15-23-17)11-14-28(20-4,21-5)22-6/h17-19H,7-16H2,1-6H3. The number of epoxide rings is 1. The maximum Gasteiger partial charge on any atom is 0.500 e. The van der Waals surface area contributed by atoms with Crippen LogP contribution in [0, 0.1) is 0 Å². The number of ether oxygens (including phenoxy) is 2. The van der Waals surface area contributed by atoms with Crippen LogP contribution in [0.15, 0.2) is 0 Å². The highest BCUT2D eigenvalue weighted by atomic mass is 28.4.